The fourth-order valence-electron chi connectivity index (χ4n) is 1.55. The van der Waals surface area contributed by atoms with Crippen molar-refractivity contribution in [2.24, 2.45) is 0 Å². The molecule has 1 N–H and O–H groups in total. The first-order chi connectivity index (χ1) is 9.26. The van der Waals surface area contributed by atoms with Crippen molar-refractivity contribution >= 4 is 0 Å². The van der Waals surface area contributed by atoms with Crippen LogP contribution in [0.3, 0.4) is 0 Å². The number of pyridine rings is 1. The Morgan fingerprint density at radius 3 is 2.63 bits per heavy atom. The molecule has 1 heterocycles. The van der Waals surface area contributed by atoms with E-state index >= 15 is 0 Å². The normalized spacial score (nSPS) is 12.4. The predicted octanol–water partition coefficient (Wildman–Crippen LogP) is 1.62. The zero-order valence-electron chi connectivity index (χ0n) is 12.0. The SMILES string of the molecule is COCCNCc1ccc(OC(C)CCOC)cn1. The molecule has 0 aromatic carbocycles. The van der Waals surface area contributed by atoms with Crippen molar-refractivity contribution in [1.29, 1.82) is 0 Å². The molecule has 0 amide bonds. The van der Waals surface area contributed by atoms with E-state index in [-0.39, 0.29) is 6.10 Å². The van der Waals surface area contributed by atoms with Crippen molar-refractivity contribution in [3.8, 4) is 5.75 Å². The van der Waals surface area contributed by atoms with Crippen molar-refractivity contribution in [1.82, 2.24) is 10.3 Å². The lowest BCUT2D eigenvalue weighted by molar-refractivity contribution is 0.135. The first kappa shape index (κ1) is 15.9. The Kier molecular flexibility index (Phi) is 8.13. The standard InChI is InChI=1S/C14H24N2O3/c1-12(6-8-17-2)19-14-5-4-13(16-11-14)10-15-7-9-18-3/h4-5,11-12,15H,6-10H2,1-3H3. The van der Waals surface area contributed by atoms with Crippen LogP contribution in [0.15, 0.2) is 18.3 Å². The van der Waals surface area contributed by atoms with Gasteiger partial charge in [-0.1, -0.05) is 0 Å². The molecule has 19 heavy (non-hydrogen) atoms. The number of hydrogen-bond donors (Lipinski definition) is 1. The maximum absolute atomic E-state index is 5.73. The van der Waals surface area contributed by atoms with Crippen LogP contribution in [0.2, 0.25) is 0 Å². The average molecular weight is 268 g/mol. The second-order valence-corrected chi connectivity index (χ2v) is 4.36. The van der Waals surface area contributed by atoms with Crippen molar-refractivity contribution in [2.75, 3.05) is 34.0 Å². The number of nitrogens with one attached hydrogen (secondary N) is 1. The van der Waals surface area contributed by atoms with Gasteiger partial charge in [-0.2, -0.15) is 0 Å². The summed E-state index contributed by atoms with van der Waals surface area (Å²) >= 11 is 0. The largest absolute Gasteiger partial charge is 0.489 e. The van der Waals surface area contributed by atoms with Gasteiger partial charge in [-0.15, -0.1) is 0 Å². The molecule has 0 saturated carbocycles. The number of hydrogen-bond acceptors (Lipinski definition) is 5. The first-order valence-electron chi connectivity index (χ1n) is 6.56. The van der Waals surface area contributed by atoms with Gasteiger partial charge in [0.25, 0.3) is 0 Å². The fraction of sp³-hybridized carbons (Fsp3) is 0.643. The van der Waals surface area contributed by atoms with Gasteiger partial charge in [0.05, 0.1) is 24.6 Å². The second kappa shape index (κ2) is 9.72. The lowest BCUT2D eigenvalue weighted by atomic mass is 10.3. The first-order valence-corrected chi connectivity index (χ1v) is 6.56. The molecule has 5 heteroatoms. The Labute approximate surface area is 115 Å². The molecular formula is C14H24N2O3. The summed E-state index contributed by atoms with van der Waals surface area (Å²) in [5.74, 6) is 0.796. The van der Waals surface area contributed by atoms with E-state index < -0.39 is 0 Å². The lowest BCUT2D eigenvalue weighted by Crippen LogP contribution is -2.19. The van der Waals surface area contributed by atoms with Gasteiger partial charge in [0.15, 0.2) is 0 Å². The van der Waals surface area contributed by atoms with Gasteiger partial charge in [0.2, 0.25) is 0 Å². The molecule has 1 aromatic heterocycles. The van der Waals surface area contributed by atoms with Gasteiger partial charge in [-0.3, -0.25) is 4.98 Å². The number of aromatic nitrogens is 1. The summed E-state index contributed by atoms with van der Waals surface area (Å²) in [6.45, 7) is 5.00. The van der Waals surface area contributed by atoms with E-state index in [0.29, 0.717) is 13.2 Å². The molecule has 0 saturated heterocycles. The topological polar surface area (TPSA) is 52.6 Å². The highest BCUT2D eigenvalue weighted by molar-refractivity contribution is 5.20. The summed E-state index contributed by atoms with van der Waals surface area (Å²) in [5.41, 5.74) is 0.994. The van der Waals surface area contributed by atoms with Gasteiger partial charge in [0, 0.05) is 40.3 Å². The van der Waals surface area contributed by atoms with E-state index in [1.165, 1.54) is 0 Å². The van der Waals surface area contributed by atoms with Crippen molar-refractivity contribution < 1.29 is 14.2 Å². The summed E-state index contributed by atoms with van der Waals surface area (Å²) in [5, 5.41) is 3.25. The van der Waals surface area contributed by atoms with E-state index in [4.69, 9.17) is 14.2 Å². The summed E-state index contributed by atoms with van der Waals surface area (Å²) in [6.07, 6.45) is 2.76. The van der Waals surface area contributed by atoms with E-state index in [1.54, 1.807) is 20.4 Å². The molecule has 0 spiro atoms. The Hall–Kier alpha value is -1.17. The van der Waals surface area contributed by atoms with Crippen LogP contribution in [-0.4, -0.2) is 45.1 Å². The monoisotopic (exact) mass is 268 g/mol. The fourth-order valence-corrected chi connectivity index (χ4v) is 1.55. The molecule has 0 aliphatic heterocycles. The van der Waals surface area contributed by atoms with Crippen LogP contribution in [0.1, 0.15) is 19.0 Å². The molecule has 0 aliphatic carbocycles. The number of rotatable bonds is 10. The van der Waals surface area contributed by atoms with Gasteiger partial charge in [0.1, 0.15) is 5.75 Å². The average Bonchev–Trinajstić information content (AvgIpc) is 2.43. The third-order valence-corrected chi connectivity index (χ3v) is 2.65. The molecule has 108 valence electrons. The van der Waals surface area contributed by atoms with E-state index in [1.807, 2.05) is 19.1 Å². The molecular weight excluding hydrogens is 244 g/mol. The van der Waals surface area contributed by atoms with E-state index in [0.717, 1.165) is 31.0 Å². The highest BCUT2D eigenvalue weighted by atomic mass is 16.5. The molecule has 1 rings (SSSR count). The highest BCUT2D eigenvalue weighted by Crippen LogP contribution is 2.12. The minimum absolute atomic E-state index is 0.132. The van der Waals surface area contributed by atoms with Gasteiger partial charge >= 0.3 is 0 Å². The maximum Gasteiger partial charge on any atom is 0.138 e. The van der Waals surface area contributed by atoms with Crippen LogP contribution in [0.5, 0.6) is 5.75 Å². The van der Waals surface area contributed by atoms with Crippen molar-refractivity contribution in [2.45, 2.75) is 26.0 Å². The Bertz CT molecular complexity index is 330. The molecule has 1 unspecified atom stereocenters. The van der Waals surface area contributed by atoms with Crippen molar-refractivity contribution in [3.63, 3.8) is 0 Å². The van der Waals surface area contributed by atoms with Crippen LogP contribution < -0.4 is 10.1 Å². The molecule has 0 fully saturated rings. The van der Waals surface area contributed by atoms with Crippen molar-refractivity contribution in [3.05, 3.63) is 24.0 Å². The third kappa shape index (κ3) is 7.10. The maximum atomic E-state index is 5.73. The number of methoxy groups -OCH3 is 2. The Balaban J connectivity index is 2.30. The summed E-state index contributed by atoms with van der Waals surface area (Å²) < 4.78 is 15.7. The quantitative estimate of drug-likeness (QED) is 0.654. The van der Waals surface area contributed by atoms with Gasteiger partial charge in [-0.05, 0) is 19.1 Å². The number of ether oxygens (including phenoxy) is 3. The van der Waals surface area contributed by atoms with Crippen LogP contribution >= 0.6 is 0 Å². The smallest absolute Gasteiger partial charge is 0.138 e. The minimum atomic E-state index is 0.132. The van der Waals surface area contributed by atoms with Gasteiger partial charge < -0.3 is 19.5 Å². The Morgan fingerprint density at radius 2 is 2.00 bits per heavy atom. The highest BCUT2D eigenvalue weighted by Gasteiger charge is 2.04. The second-order valence-electron chi connectivity index (χ2n) is 4.36. The summed E-state index contributed by atoms with van der Waals surface area (Å²) in [6, 6.07) is 3.92. The molecule has 0 aliphatic rings. The summed E-state index contributed by atoms with van der Waals surface area (Å²) in [7, 11) is 3.39. The predicted molar refractivity (Wildman–Crippen MR) is 74.4 cm³/mol. The molecule has 1 aromatic rings. The zero-order valence-corrected chi connectivity index (χ0v) is 12.0. The molecule has 0 radical (unpaired) electrons. The molecule has 0 bridgehead atoms. The van der Waals surface area contributed by atoms with Crippen LogP contribution in [0.4, 0.5) is 0 Å². The van der Waals surface area contributed by atoms with Crippen LogP contribution in [0, 0.1) is 0 Å². The number of nitrogens with zero attached hydrogens (tertiary/aromatic N) is 1. The molecule has 5 nitrogen and oxygen atoms in total. The Morgan fingerprint density at radius 1 is 1.21 bits per heavy atom. The lowest BCUT2D eigenvalue weighted by Gasteiger charge is -2.14. The van der Waals surface area contributed by atoms with Crippen LogP contribution in [0.25, 0.3) is 0 Å². The zero-order chi connectivity index (χ0) is 13.9. The van der Waals surface area contributed by atoms with E-state index in [9.17, 15) is 0 Å². The summed E-state index contributed by atoms with van der Waals surface area (Å²) in [4.78, 5) is 4.35. The third-order valence-electron chi connectivity index (χ3n) is 2.65. The van der Waals surface area contributed by atoms with Gasteiger partial charge in [-0.25, -0.2) is 0 Å². The van der Waals surface area contributed by atoms with Crippen LogP contribution in [-0.2, 0) is 16.0 Å². The minimum Gasteiger partial charge on any atom is -0.489 e. The molecule has 1 atom stereocenters. The van der Waals surface area contributed by atoms with E-state index in [2.05, 4.69) is 10.3 Å².